The third-order valence-electron chi connectivity index (χ3n) is 1.86. The molecule has 0 amide bonds. The van der Waals surface area contributed by atoms with Crippen molar-refractivity contribution in [2.45, 2.75) is 19.8 Å². The lowest BCUT2D eigenvalue weighted by Gasteiger charge is -2.05. The van der Waals surface area contributed by atoms with Crippen LogP contribution in [0.2, 0.25) is 0 Å². The van der Waals surface area contributed by atoms with Gasteiger partial charge in [0.25, 0.3) is 0 Å². The molecule has 0 atom stereocenters. The Balaban J connectivity index is 2.15. The van der Waals surface area contributed by atoms with E-state index in [-0.39, 0.29) is 5.69 Å². The maximum atomic E-state index is 8.51. The molecule has 0 aliphatic rings. The van der Waals surface area contributed by atoms with E-state index in [9.17, 15) is 0 Å². The van der Waals surface area contributed by atoms with Gasteiger partial charge in [0, 0.05) is 6.61 Å². The van der Waals surface area contributed by atoms with E-state index in [4.69, 9.17) is 14.7 Å². The summed E-state index contributed by atoms with van der Waals surface area (Å²) in [5, 5.41) is 8.51. The van der Waals surface area contributed by atoms with E-state index >= 15 is 0 Å². The van der Waals surface area contributed by atoms with Crippen LogP contribution in [0.3, 0.4) is 0 Å². The zero-order valence-corrected chi connectivity index (χ0v) is 9.35. The van der Waals surface area contributed by atoms with Crippen molar-refractivity contribution in [3.63, 3.8) is 0 Å². The van der Waals surface area contributed by atoms with Gasteiger partial charge >= 0.3 is 0 Å². The molecule has 0 spiro atoms. The van der Waals surface area contributed by atoms with Crippen LogP contribution in [0, 0.1) is 11.3 Å². The van der Waals surface area contributed by atoms with E-state index in [0.29, 0.717) is 19.1 Å². The highest BCUT2D eigenvalue weighted by Gasteiger charge is 1.97. The Morgan fingerprint density at radius 3 is 2.75 bits per heavy atom. The number of rotatable bonds is 7. The van der Waals surface area contributed by atoms with E-state index in [1.165, 1.54) is 12.4 Å². The highest BCUT2D eigenvalue weighted by Crippen LogP contribution is 2.02. The molecular weight excluding hydrogens is 206 g/mol. The molecule has 0 aliphatic carbocycles. The molecule has 5 heteroatoms. The van der Waals surface area contributed by atoms with Gasteiger partial charge in [-0.15, -0.1) is 0 Å². The predicted octanol–water partition coefficient (Wildman–Crippen LogP) is 1.54. The largest absolute Gasteiger partial charge is 0.474 e. The van der Waals surface area contributed by atoms with Gasteiger partial charge < -0.3 is 9.47 Å². The standard InChI is InChI=1S/C11H15N3O2/c1-2-3-4-15-5-6-16-11-9-13-10(7-12)8-14-11/h8-9H,2-6H2,1H3. The second kappa shape index (κ2) is 7.60. The fourth-order valence-electron chi connectivity index (χ4n) is 1.00. The maximum absolute atomic E-state index is 8.51. The number of nitriles is 1. The minimum atomic E-state index is 0.284. The lowest BCUT2D eigenvalue weighted by Crippen LogP contribution is -2.08. The normalized spacial score (nSPS) is 9.75. The van der Waals surface area contributed by atoms with Gasteiger partial charge in [0.1, 0.15) is 12.7 Å². The van der Waals surface area contributed by atoms with Crippen molar-refractivity contribution in [2.24, 2.45) is 0 Å². The number of unbranched alkanes of at least 4 members (excludes halogenated alkanes) is 1. The Labute approximate surface area is 95.0 Å². The van der Waals surface area contributed by atoms with Crippen LogP contribution in [0.4, 0.5) is 0 Å². The molecule has 0 aromatic carbocycles. The van der Waals surface area contributed by atoms with Gasteiger partial charge in [-0.05, 0) is 6.42 Å². The summed E-state index contributed by atoms with van der Waals surface area (Å²) in [5.41, 5.74) is 0.284. The Morgan fingerprint density at radius 1 is 1.25 bits per heavy atom. The monoisotopic (exact) mass is 221 g/mol. The summed E-state index contributed by atoms with van der Waals surface area (Å²) in [4.78, 5) is 7.76. The number of hydrogen-bond acceptors (Lipinski definition) is 5. The first-order chi connectivity index (χ1) is 7.86. The predicted molar refractivity (Wildman–Crippen MR) is 58.0 cm³/mol. The lowest BCUT2D eigenvalue weighted by molar-refractivity contribution is 0.0963. The Kier molecular flexibility index (Phi) is 5.89. The van der Waals surface area contributed by atoms with Crippen molar-refractivity contribution < 1.29 is 9.47 Å². The summed E-state index contributed by atoms with van der Waals surface area (Å²) < 4.78 is 10.6. The van der Waals surface area contributed by atoms with Crippen LogP contribution >= 0.6 is 0 Å². The second-order valence-corrected chi connectivity index (χ2v) is 3.17. The van der Waals surface area contributed by atoms with Gasteiger partial charge in [-0.25, -0.2) is 9.97 Å². The third-order valence-corrected chi connectivity index (χ3v) is 1.86. The van der Waals surface area contributed by atoms with Gasteiger partial charge in [0.05, 0.1) is 19.0 Å². The Bertz CT molecular complexity index is 332. The van der Waals surface area contributed by atoms with E-state index in [0.717, 1.165) is 19.4 Å². The van der Waals surface area contributed by atoms with Crippen LogP contribution in [0.15, 0.2) is 12.4 Å². The first-order valence-electron chi connectivity index (χ1n) is 5.29. The molecule has 5 nitrogen and oxygen atoms in total. The fourth-order valence-corrected chi connectivity index (χ4v) is 1.00. The SMILES string of the molecule is CCCCOCCOc1cnc(C#N)cn1. The zero-order valence-electron chi connectivity index (χ0n) is 9.35. The van der Waals surface area contributed by atoms with Gasteiger partial charge in [0.2, 0.25) is 5.88 Å². The fraction of sp³-hybridized carbons (Fsp3) is 0.545. The summed E-state index contributed by atoms with van der Waals surface area (Å²) in [6.45, 7) is 3.87. The summed E-state index contributed by atoms with van der Waals surface area (Å²) >= 11 is 0. The molecule has 0 unspecified atom stereocenters. The van der Waals surface area contributed by atoms with Gasteiger partial charge in [-0.1, -0.05) is 13.3 Å². The Morgan fingerprint density at radius 2 is 2.12 bits per heavy atom. The van der Waals surface area contributed by atoms with Crippen molar-refractivity contribution >= 4 is 0 Å². The quantitative estimate of drug-likeness (QED) is 0.653. The average Bonchev–Trinajstić information content (AvgIpc) is 2.34. The molecule has 0 fully saturated rings. The van der Waals surface area contributed by atoms with Gasteiger partial charge in [-0.3, -0.25) is 0 Å². The lowest BCUT2D eigenvalue weighted by atomic mass is 10.4. The molecule has 1 rings (SSSR count). The van der Waals surface area contributed by atoms with Crippen molar-refractivity contribution in [1.29, 1.82) is 5.26 Å². The first-order valence-corrected chi connectivity index (χ1v) is 5.29. The molecule has 1 aromatic heterocycles. The van der Waals surface area contributed by atoms with Crippen molar-refractivity contribution in [3.05, 3.63) is 18.1 Å². The molecular formula is C11H15N3O2. The molecule has 86 valence electrons. The van der Waals surface area contributed by atoms with Crippen LogP contribution < -0.4 is 4.74 Å². The Hall–Kier alpha value is -1.67. The second-order valence-electron chi connectivity index (χ2n) is 3.17. The maximum Gasteiger partial charge on any atom is 0.232 e. The third kappa shape index (κ3) is 4.71. The minimum Gasteiger partial charge on any atom is -0.474 e. The van der Waals surface area contributed by atoms with E-state index in [2.05, 4.69) is 16.9 Å². The van der Waals surface area contributed by atoms with E-state index in [1.807, 2.05) is 6.07 Å². The van der Waals surface area contributed by atoms with Crippen molar-refractivity contribution in [3.8, 4) is 11.9 Å². The van der Waals surface area contributed by atoms with Crippen LogP contribution in [0.25, 0.3) is 0 Å². The number of hydrogen-bond donors (Lipinski definition) is 0. The van der Waals surface area contributed by atoms with E-state index < -0.39 is 0 Å². The molecule has 0 saturated heterocycles. The highest BCUT2D eigenvalue weighted by atomic mass is 16.5. The van der Waals surface area contributed by atoms with Crippen LogP contribution in [0.1, 0.15) is 25.5 Å². The number of ether oxygens (including phenoxy) is 2. The first kappa shape index (κ1) is 12.4. The smallest absolute Gasteiger partial charge is 0.232 e. The molecule has 0 radical (unpaired) electrons. The summed E-state index contributed by atoms with van der Waals surface area (Å²) in [5.74, 6) is 0.415. The van der Waals surface area contributed by atoms with E-state index in [1.54, 1.807) is 0 Å². The zero-order chi connectivity index (χ0) is 11.6. The van der Waals surface area contributed by atoms with Gasteiger partial charge in [0.15, 0.2) is 5.69 Å². The van der Waals surface area contributed by atoms with Crippen LogP contribution in [0.5, 0.6) is 5.88 Å². The van der Waals surface area contributed by atoms with Gasteiger partial charge in [-0.2, -0.15) is 5.26 Å². The molecule has 0 saturated carbocycles. The molecule has 0 N–H and O–H groups in total. The summed E-state index contributed by atoms with van der Waals surface area (Å²) in [6.07, 6.45) is 5.01. The topological polar surface area (TPSA) is 68.0 Å². The number of aromatic nitrogens is 2. The molecule has 1 heterocycles. The average molecular weight is 221 g/mol. The number of nitrogens with zero attached hydrogens (tertiary/aromatic N) is 3. The van der Waals surface area contributed by atoms with Crippen LogP contribution in [-0.4, -0.2) is 29.8 Å². The highest BCUT2D eigenvalue weighted by molar-refractivity contribution is 5.18. The van der Waals surface area contributed by atoms with Crippen LogP contribution in [-0.2, 0) is 4.74 Å². The van der Waals surface area contributed by atoms with Crippen molar-refractivity contribution in [2.75, 3.05) is 19.8 Å². The molecule has 0 bridgehead atoms. The molecule has 0 aliphatic heterocycles. The summed E-state index contributed by atoms with van der Waals surface area (Å²) in [6, 6.07) is 1.89. The summed E-state index contributed by atoms with van der Waals surface area (Å²) in [7, 11) is 0. The molecule has 16 heavy (non-hydrogen) atoms. The molecule has 1 aromatic rings. The van der Waals surface area contributed by atoms with Crippen molar-refractivity contribution in [1.82, 2.24) is 9.97 Å². The minimum absolute atomic E-state index is 0.284.